The van der Waals surface area contributed by atoms with Gasteiger partial charge in [-0.15, -0.1) is 0 Å². The molecule has 0 unspecified atom stereocenters. The van der Waals surface area contributed by atoms with E-state index in [0.29, 0.717) is 11.6 Å². The zero-order chi connectivity index (χ0) is 13.8. The number of nitrogen functional groups attached to an aromatic ring is 1. The topological polar surface area (TPSA) is 75.9 Å². The van der Waals surface area contributed by atoms with Crippen molar-refractivity contribution in [1.29, 1.82) is 0 Å². The van der Waals surface area contributed by atoms with E-state index < -0.39 is 0 Å². The van der Waals surface area contributed by atoms with E-state index in [2.05, 4.69) is 36.5 Å². The fourth-order valence-electron chi connectivity index (χ4n) is 1.67. The number of benzene rings is 1. The SMILES string of the molecule is CCNc1cc(Nc2cc(C)ccc2Br)nc(N)n1. The minimum atomic E-state index is 0.240. The van der Waals surface area contributed by atoms with Gasteiger partial charge in [-0.05, 0) is 47.5 Å². The zero-order valence-corrected chi connectivity index (χ0v) is 12.5. The zero-order valence-electron chi connectivity index (χ0n) is 10.9. The van der Waals surface area contributed by atoms with E-state index in [4.69, 9.17) is 5.73 Å². The molecule has 0 bridgehead atoms. The maximum Gasteiger partial charge on any atom is 0.223 e. The molecule has 0 amide bonds. The van der Waals surface area contributed by atoms with Crippen molar-refractivity contribution in [2.24, 2.45) is 0 Å². The van der Waals surface area contributed by atoms with Crippen LogP contribution in [0.3, 0.4) is 0 Å². The lowest BCUT2D eigenvalue weighted by Gasteiger charge is -2.11. The van der Waals surface area contributed by atoms with E-state index in [1.165, 1.54) is 5.56 Å². The number of aryl methyl sites for hydroxylation is 1. The summed E-state index contributed by atoms with van der Waals surface area (Å²) in [6, 6.07) is 7.89. The predicted molar refractivity (Wildman–Crippen MR) is 82.8 cm³/mol. The van der Waals surface area contributed by atoms with Gasteiger partial charge >= 0.3 is 0 Å². The summed E-state index contributed by atoms with van der Waals surface area (Å²) >= 11 is 3.50. The second-order valence-electron chi connectivity index (χ2n) is 4.14. The van der Waals surface area contributed by atoms with Crippen molar-refractivity contribution in [3.8, 4) is 0 Å². The maximum atomic E-state index is 5.70. The number of nitrogens with zero attached hydrogens (tertiary/aromatic N) is 2. The molecule has 0 aliphatic heterocycles. The first-order chi connectivity index (χ1) is 9.08. The van der Waals surface area contributed by atoms with Crippen LogP contribution >= 0.6 is 15.9 Å². The monoisotopic (exact) mass is 321 g/mol. The maximum absolute atomic E-state index is 5.70. The molecule has 1 aromatic heterocycles. The number of halogens is 1. The van der Waals surface area contributed by atoms with Gasteiger partial charge in [-0.25, -0.2) is 0 Å². The first-order valence-corrected chi connectivity index (χ1v) is 6.79. The lowest BCUT2D eigenvalue weighted by Crippen LogP contribution is -2.05. The molecule has 5 nitrogen and oxygen atoms in total. The Morgan fingerprint density at radius 3 is 2.68 bits per heavy atom. The molecule has 0 atom stereocenters. The Morgan fingerprint density at radius 2 is 1.95 bits per heavy atom. The molecule has 19 heavy (non-hydrogen) atoms. The quantitative estimate of drug-likeness (QED) is 0.805. The van der Waals surface area contributed by atoms with E-state index in [0.717, 1.165) is 16.7 Å². The van der Waals surface area contributed by atoms with Crippen molar-refractivity contribution >= 4 is 39.2 Å². The third kappa shape index (κ3) is 3.57. The Labute approximate surface area is 120 Å². The molecule has 0 aliphatic rings. The number of anilines is 4. The number of aromatic nitrogens is 2. The molecule has 2 rings (SSSR count). The Bertz CT molecular complexity index is 585. The highest BCUT2D eigenvalue weighted by atomic mass is 79.9. The van der Waals surface area contributed by atoms with E-state index in [-0.39, 0.29) is 5.95 Å². The molecule has 2 aromatic rings. The van der Waals surface area contributed by atoms with Crippen LogP contribution in [0.15, 0.2) is 28.7 Å². The third-order valence-corrected chi connectivity index (χ3v) is 3.18. The lowest BCUT2D eigenvalue weighted by atomic mass is 10.2. The summed E-state index contributed by atoms with van der Waals surface area (Å²) in [6.45, 7) is 4.82. The Balaban J connectivity index is 2.29. The van der Waals surface area contributed by atoms with E-state index in [9.17, 15) is 0 Å². The second kappa shape index (κ2) is 5.88. The Morgan fingerprint density at radius 1 is 1.21 bits per heavy atom. The van der Waals surface area contributed by atoms with Crippen LogP contribution in [-0.4, -0.2) is 16.5 Å². The van der Waals surface area contributed by atoms with Crippen LogP contribution in [0.4, 0.5) is 23.3 Å². The van der Waals surface area contributed by atoms with Gasteiger partial charge < -0.3 is 16.4 Å². The van der Waals surface area contributed by atoms with Crippen LogP contribution in [0.1, 0.15) is 12.5 Å². The van der Waals surface area contributed by atoms with Crippen LogP contribution in [0, 0.1) is 6.92 Å². The minimum absolute atomic E-state index is 0.240. The number of hydrogen-bond donors (Lipinski definition) is 3. The highest BCUT2D eigenvalue weighted by Crippen LogP contribution is 2.27. The number of rotatable bonds is 4. The summed E-state index contributed by atoms with van der Waals surface area (Å²) in [5, 5.41) is 6.35. The van der Waals surface area contributed by atoms with Crippen LogP contribution in [-0.2, 0) is 0 Å². The van der Waals surface area contributed by atoms with Crippen molar-refractivity contribution in [2.45, 2.75) is 13.8 Å². The highest BCUT2D eigenvalue weighted by Gasteiger charge is 2.05. The number of nitrogens with one attached hydrogen (secondary N) is 2. The summed E-state index contributed by atoms with van der Waals surface area (Å²) in [6.07, 6.45) is 0. The summed E-state index contributed by atoms with van der Waals surface area (Å²) in [7, 11) is 0. The van der Waals surface area contributed by atoms with Gasteiger partial charge in [-0.3, -0.25) is 0 Å². The van der Waals surface area contributed by atoms with Crippen molar-refractivity contribution in [2.75, 3.05) is 22.9 Å². The summed E-state index contributed by atoms with van der Waals surface area (Å²) < 4.78 is 0.972. The molecule has 0 saturated carbocycles. The first kappa shape index (κ1) is 13.6. The van der Waals surface area contributed by atoms with Gasteiger partial charge in [0.15, 0.2) is 0 Å². The van der Waals surface area contributed by atoms with E-state index >= 15 is 0 Å². The standard InChI is InChI=1S/C13H16BrN5/c1-3-16-11-7-12(19-13(15)18-11)17-10-6-8(2)4-5-9(10)14/h4-7H,3H2,1-2H3,(H4,15,16,17,18,19). The van der Waals surface area contributed by atoms with Gasteiger partial charge in [0.1, 0.15) is 11.6 Å². The molecule has 0 aliphatic carbocycles. The molecule has 1 heterocycles. The average Bonchev–Trinajstić information content (AvgIpc) is 2.33. The van der Waals surface area contributed by atoms with Crippen LogP contribution in [0.2, 0.25) is 0 Å². The second-order valence-corrected chi connectivity index (χ2v) is 4.99. The molecule has 0 fully saturated rings. The van der Waals surface area contributed by atoms with Crippen LogP contribution in [0.25, 0.3) is 0 Å². The summed E-state index contributed by atoms with van der Waals surface area (Å²) in [5.41, 5.74) is 7.81. The molecular weight excluding hydrogens is 306 g/mol. The molecule has 0 saturated heterocycles. The van der Waals surface area contributed by atoms with Gasteiger partial charge in [-0.2, -0.15) is 9.97 Å². The fourth-order valence-corrected chi connectivity index (χ4v) is 2.02. The smallest absolute Gasteiger partial charge is 0.223 e. The summed E-state index contributed by atoms with van der Waals surface area (Å²) in [5.74, 6) is 1.61. The molecular formula is C13H16BrN5. The third-order valence-electron chi connectivity index (χ3n) is 2.49. The lowest BCUT2D eigenvalue weighted by molar-refractivity contribution is 1.12. The van der Waals surface area contributed by atoms with E-state index in [1.54, 1.807) is 0 Å². The van der Waals surface area contributed by atoms with Gasteiger partial charge in [-0.1, -0.05) is 6.07 Å². The predicted octanol–water partition coefficient (Wildman–Crippen LogP) is 3.31. The fraction of sp³-hybridized carbons (Fsp3) is 0.231. The number of nitrogens with two attached hydrogens (primary N) is 1. The summed E-state index contributed by atoms with van der Waals surface area (Å²) in [4.78, 5) is 8.29. The first-order valence-electron chi connectivity index (χ1n) is 6.00. The Kier molecular flexibility index (Phi) is 4.21. The van der Waals surface area contributed by atoms with Gasteiger partial charge in [0, 0.05) is 17.1 Å². The van der Waals surface area contributed by atoms with Gasteiger partial charge in [0.2, 0.25) is 5.95 Å². The molecule has 1 aromatic carbocycles. The molecule has 100 valence electrons. The average molecular weight is 322 g/mol. The van der Waals surface area contributed by atoms with Crippen molar-refractivity contribution in [3.63, 3.8) is 0 Å². The van der Waals surface area contributed by atoms with Crippen molar-refractivity contribution < 1.29 is 0 Å². The molecule has 4 N–H and O–H groups in total. The largest absolute Gasteiger partial charge is 0.370 e. The molecule has 0 spiro atoms. The van der Waals surface area contributed by atoms with Gasteiger partial charge in [0.25, 0.3) is 0 Å². The minimum Gasteiger partial charge on any atom is -0.370 e. The highest BCUT2D eigenvalue weighted by molar-refractivity contribution is 9.10. The normalized spacial score (nSPS) is 10.3. The Hall–Kier alpha value is -1.82. The van der Waals surface area contributed by atoms with E-state index in [1.807, 2.05) is 38.1 Å². The van der Waals surface area contributed by atoms with Gasteiger partial charge in [0.05, 0.1) is 5.69 Å². The number of hydrogen-bond acceptors (Lipinski definition) is 5. The van der Waals surface area contributed by atoms with Crippen LogP contribution in [0.5, 0.6) is 0 Å². The van der Waals surface area contributed by atoms with Crippen molar-refractivity contribution in [3.05, 3.63) is 34.3 Å². The van der Waals surface area contributed by atoms with Crippen molar-refractivity contribution in [1.82, 2.24) is 9.97 Å². The molecule has 0 radical (unpaired) electrons. The molecule has 6 heteroatoms. The van der Waals surface area contributed by atoms with Crippen LogP contribution < -0.4 is 16.4 Å².